The second-order valence-corrected chi connectivity index (χ2v) is 4.08. The number of nitrogens with zero attached hydrogens (tertiary/aromatic N) is 1. The minimum absolute atomic E-state index is 0.00382. The molecule has 0 bridgehead atoms. The maximum Gasteiger partial charge on any atom is 0.111 e. The van der Waals surface area contributed by atoms with Gasteiger partial charge in [0.15, 0.2) is 0 Å². The number of aliphatic hydroxyl groups is 1. The molecule has 2 rings (SSSR count). The SMILES string of the molecule is Cc1cccc(Cc2nc(CO)c(C)[nH]2)c1. The molecular formula is C13H16N2O. The summed E-state index contributed by atoms with van der Waals surface area (Å²) in [4.78, 5) is 7.54. The summed E-state index contributed by atoms with van der Waals surface area (Å²) in [5.41, 5.74) is 4.18. The first-order chi connectivity index (χ1) is 7.69. The summed E-state index contributed by atoms with van der Waals surface area (Å²) in [7, 11) is 0. The molecule has 0 atom stereocenters. The van der Waals surface area contributed by atoms with Crippen LogP contribution in [0.1, 0.15) is 28.3 Å². The maximum absolute atomic E-state index is 9.06. The Labute approximate surface area is 95.2 Å². The van der Waals surface area contributed by atoms with E-state index in [1.807, 2.05) is 13.0 Å². The molecule has 0 aliphatic heterocycles. The fourth-order valence-corrected chi connectivity index (χ4v) is 1.82. The highest BCUT2D eigenvalue weighted by atomic mass is 16.3. The van der Waals surface area contributed by atoms with Crippen LogP contribution in [0.3, 0.4) is 0 Å². The van der Waals surface area contributed by atoms with Crippen molar-refractivity contribution in [2.45, 2.75) is 26.9 Å². The molecule has 0 radical (unpaired) electrons. The van der Waals surface area contributed by atoms with Crippen molar-refractivity contribution in [3.05, 3.63) is 52.6 Å². The standard InChI is InChI=1S/C13H16N2O/c1-9-4-3-5-11(6-9)7-13-14-10(2)12(8-16)15-13/h3-6,16H,7-8H2,1-2H3,(H,14,15). The smallest absolute Gasteiger partial charge is 0.111 e. The van der Waals surface area contributed by atoms with Crippen molar-refractivity contribution < 1.29 is 5.11 Å². The molecule has 0 fully saturated rings. The molecule has 1 heterocycles. The zero-order chi connectivity index (χ0) is 11.5. The molecule has 1 aromatic heterocycles. The first kappa shape index (κ1) is 10.9. The molecule has 1 aromatic carbocycles. The van der Waals surface area contributed by atoms with Gasteiger partial charge in [0.05, 0.1) is 12.3 Å². The highest BCUT2D eigenvalue weighted by molar-refractivity contribution is 5.26. The normalized spacial score (nSPS) is 10.7. The Morgan fingerprint density at radius 3 is 2.75 bits per heavy atom. The number of nitrogens with one attached hydrogen (secondary N) is 1. The number of hydrogen-bond donors (Lipinski definition) is 2. The van der Waals surface area contributed by atoms with E-state index < -0.39 is 0 Å². The van der Waals surface area contributed by atoms with Gasteiger partial charge in [0.1, 0.15) is 5.82 Å². The topological polar surface area (TPSA) is 48.9 Å². The Bertz CT molecular complexity index is 488. The highest BCUT2D eigenvalue weighted by Crippen LogP contribution is 2.11. The van der Waals surface area contributed by atoms with Crippen LogP contribution in [-0.2, 0) is 13.0 Å². The Balaban J connectivity index is 2.20. The Morgan fingerprint density at radius 2 is 2.12 bits per heavy atom. The predicted molar refractivity (Wildman–Crippen MR) is 63.2 cm³/mol. The van der Waals surface area contributed by atoms with Crippen LogP contribution >= 0.6 is 0 Å². The number of aromatic amines is 1. The average molecular weight is 216 g/mol. The van der Waals surface area contributed by atoms with E-state index >= 15 is 0 Å². The van der Waals surface area contributed by atoms with Gasteiger partial charge in [-0.2, -0.15) is 0 Å². The largest absolute Gasteiger partial charge is 0.390 e. The van der Waals surface area contributed by atoms with Gasteiger partial charge in [-0.1, -0.05) is 29.8 Å². The van der Waals surface area contributed by atoms with Crippen LogP contribution in [-0.4, -0.2) is 15.1 Å². The van der Waals surface area contributed by atoms with E-state index in [4.69, 9.17) is 5.11 Å². The van der Waals surface area contributed by atoms with Crippen molar-refractivity contribution in [3.63, 3.8) is 0 Å². The summed E-state index contributed by atoms with van der Waals surface area (Å²) in [6.07, 6.45) is 0.780. The Morgan fingerprint density at radius 1 is 1.31 bits per heavy atom. The molecule has 0 saturated heterocycles. The number of aryl methyl sites for hydroxylation is 2. The number of hydrogen-bond acceptors (Lipinski definition) is 2. The van der Waals surface area contributed by atoms with Gasteiger partial charge >= 0.3 is 0 Å². The summed E-state index contributed by atoms with van der Waals surface area (Å²) >= 11 is 0. The van der Waals surface area contributed by atoms with Crippen molar-refractivity contribution in [2.24, 2.45) is 0 Å². The lowest BCUT2D eigenvalue weighted by molar-refractivity contribution is 0.276. The van der Waals surface area contributed by atoms with E-state index in [-0.39, 0.29) is 6.61 Å². The van der Waals surface area contributed by atoms with Crippen molar-refractivity contribution in [1.82, 2.24) is 9.97 Å². The van der Waals surface area contributed by atoms with Crippen molar-refractivity contribution in [1.29, 1.82) is 0 Å². The van der Waals surface area contributed by atoms with E-state index in [0.717, 1.165) is 23.6 Å². The van der Waals surface area contributed by atoms with Crippen molar-refractivity contribution in [2.75, 3.05) is 0 Å². The molecule has 0 aliphatic rings. The van der Waals surface area contributed by atoms with Gasteiger partial charge in [-0.15, -0.1) is 0 Å². The van der Waals surface area contributed by atoms with Gasteiger partial charge in [-0.3, -0.25) is 0 Å². The molecule has 84 valence electrons. The fourth-order valence-electron chi connectivity index (χ4n) is 1.82. The van der Waals surface area contributed by atoms with Crippen LogP contribution < -0.4 is 0 Å². The van der Waals surface area contributed by atoms with Crippen LogP contribution in [0.5, 0.6) is 0 Å². The lowest BCUT2D eigenvalue weighted by Crippen LogP contribution is -1.91. The van der Waals surface area contributed by atoms with Gasteiger partial charge in [0.25, 0.3) is 0 Å². The summed E-state index contributed by atoms with van der Waals surface area (Å²) in [5, 5.41) is 9.06. The quantitative estimate of drug-likeness (QED) is 0.825. The van der Waals surface area contributed by atoms with Crippen LogP contribution in [0.15, 0.2) is 24.3 Å². The third-order valence-corrected chi connectivity index (χ3v) is 2.64. The van der Waals surface area contributed by atoms with Crippen molar-refractivity contribution >= 4 is 0 Å². The summed E-state index contributed by atoms with van der Waals surface area (Å²) in [6.45, 7) is 4.00. The van der Waals surface area contributed by atoms with E-state index in [2.05, 4.69) is 35.1 Å². The average Bonchev–Trinajstić information content (AvgIpc) is 2.58. The number of H-pyrrole nitrogens is 1. The zero-order valence-electron chi connectivity index (χ0n) is 9.62. The molecule has 2 aromatic rings. The lowest BCUT2D eigenvalue weighted by Gasteiger charge is -1.99. The van der Waals surface area contributed by atoms with Crippen LogP contribution in [0.2, 0.25) is 0 Å². The fraction of sp³-hybridized carbons (Fsp3) is 0.308. The van der Waals surface area contributed by atoms with Crippen LogP contribution in [0, 0.1) is 13.8 Å². The van der Waals surface area contributed by atoms with E-state index in [1.165, 1.54) is 11.1 Å². The van der Waals surface area contributed by atoms with Crippen molar-refractivity contribution in [3.8, 4) is 0 Å². The molecular weight excluding hydrogens is 200 g/mol. The number of aromatic nitrogens is 2. The zero-order valence-corrected chi connectivity index (χ0v) is 9.62. The van der Waals surface area contributed by atoms with E-state index in [9.17, 15) is 0 Å². The van der Waals surface area contributed by atoms with Crippen LogP contribution in [0.25, 0.3) is 0 Å². The van der Waals surface area contributed by atoms with Gasteiger partial charge in [0, 0.05) is 12.1 Å². The second-order valence-electron chi connectivity index (χ2n) is 4.08. The predicted octanol–water partition coefficient (Wildman–Crippen LogP) is 2.11. The molecule has 0 saturated carbocycles. The molecule has 0 unspecified atom stereocenters. The summed E-state index contributed by atoms with van der Waals surface area (Å²) in [6, 6.07) is 8.36. The summed E-state index contributed by atoms with van der Waals surface area (Å²) < 4.78 is 0. The van der Waals surface area contributed by atoms with Gasteiger partial charge in [-0.05, 0) is 19.4 Å². The maximum atomic E-state index is 9.06. The number of rotatable bonds is 3. The van der Waals surface area contributed by atoms with Crippen LogP contribution in [0.4, 0.5) is 0 Å². The molecule has 0 aliphatic carbocycles. The number of aliphatic hydroxyl groups excluding tert-OH is 1. The molecule has 2 N–H and O–H groups in total. The lowest BCUT2D eigenvalue weighted by atomic mass is 10.1. The highest BCUT2D eigenvalue weighted by Gasteiger charge is 2.05. The van der Waals surface area contributed by atoms with E-state index in [0.29, 0.717) is 0 Å². The first-order valence-electron chi connectivity index (χ1n) is 5.40. The number of benzene rings is 1. The van der Waals surface area contributed by atoms with Gasteiger partial charge in [0.2, 0.25) is 0 Å². The monoisotopic (exact) mass is 216 g/mol. The van der Waals surface area contributed by atoms with Gasteiger partial charge in [-0.25, -0.2) is 4.98 Å². The molecule has 3 heteroatoms. The third kappa shape index (κ3) is 2.31. The molecule has 0 amide bonds. The summed E-state index contributed by atoms with van der Waals surface area (Å²) in [5.74, 6) is 0.909. The van der Waals surface area contributed by atoms with Gasteiger partial charge < -0.3 is 10.1 Å². The molecule has 0 spiro atoms. The first-order valence-corrected chi connectivity index (χ1v) is 5.40. The molecule has 16 heavy (non-hydrogen) atoms. The molecule has 3 nitrogen and oxygen atoms in total. The van der Waals surface area contributed by atoms with E-state index in [1.54, 1.807) is 0 Å². The second kappa shape index (κ2) is 4.49. The minimum atomic E-state index is -0.00382. The minimum Gasteiger partial charge on any atom is -0.390 e. The number of imidazole rings is 1. The Hall–Kier alpha value is -1.61. The Kier molecular flexibility index (Phi) is 3.06. The third-order valence-electron chi connectivity index (χ3n) is 2.64.